The van der Waals surface area contributed by atoms with Gasteiger partial charge in [0.1, 0.15) is 17.9 Å². The van der Waals surface area contributed by atoms with Crippen molar-refractivity contribution >= 4 is 17.4 Å². The first-order chi connectivity index (χ1) is 17.0. The molecule has 0 bridgehead atoms. The summed E-state index contributed by atoms with van der Waals surface area (Å²) in [5, 5.41) is 4.26. The second kappa shape index (κ2) is 9.88. The van der Waals surface area contributed by atoms with Crippen molar-refractivity contribution in [2.75, 3.05) is 11.9 Å². The molecule has 2 amide bonds. The molecule has 3 aromatic heterocycles. The standard InChI is InChI=1S/C26H26F3N5O2/c1-15(2)36-21-10-19(9-20(12-21)33-25(35)31-14-26(27,28)29)23-13-30-24-11-18(7-8-34(23)24)22-6-5-16(3)17(4)32-22/h5-13,15H,14H2,1-4H3,(H2,31,33,35). The van der Waals surface area contributed by atoms with Gasteiger partial charge in [-0.25, -0.2) is 9.78 Å². The molecule has 2 N–H and O–H groups in total. The topological polar surface area (TPSA) is 80.5 Å². The second-order valence-corrected chi connectivity index (χ2v) is 8.72. The van der Waals surface area contributed by atoms with E-state index in [9.17, 15) is 18.0 Å². The van der Waals surface area contributed by atoms with Crippen LogP contribution < -0.4 is 15.4 Å². The Morgan fingerprint density at radius 1 is 1.08 bits per heavy atom. The second-order valence-electron chi connectivity index (χ2n) is 8.72. The highest BCUT2D eigenvalue weighted by Crippen LogP contribution is 2.31. The van der Waals surface area contributed by atoms with Crippen LogP contribution in [0.3, 0.4) is 0 Å². The molecule has 188 valence electrons. The fraction of sp³-hybridized carbons (Fsp3) is 0.269. The van der Waals surface area contributed by atoms with Crippen molar-refractivity contribution in [3.63, 3.8) is 0 Å². The molecule has 0 aliphatic carbocycles. The number of anilines is 1. The zero-order valence-electron chi connectivity index (χ0n) is 20.3. The number of alkyl halides is 3. The molecule has 0 saturated heterocycles. The quantitative estimate of drug-likeness (QED) is 0.335. The predicted molar refractivity (Wildman–Crippen MR) is 132 cm³/mol. The number of aryl methyl sites for hydroxylation is 2. The van der Waals surface area contributed by atoms with E-state index in [1.807, 2.05) is 62.6 Å². The summed E-state index contributed by atoms with van der Waals surface area (Å²) in [6, 6.07) is 11.9. The summed E-state index contributed by atoms with van der Waals surface area (Å²) in [4.78, 5) is 21.2. The monoisotopic (exact) mass is 497 g/mol. The molecule has 7 nitrogen and oxygen atoms in total. The molecule has 0 radical (unpaired) electrons. The number of pyridine rings is 2. The minimum atomic E-state index is -4.51. The summed E-state index contributed by atoms with van der Waals surface area (Å²) < 4.78 is 45.1. The molecule has 36 heavy (non-hydrogen) atoms. The number of carbonyl (C=O) groups is 1. The van der Waals surface area contributed by atoms with Crippen molar-refractivity contribution < 1.29 is 22.7 Å². The van der Waals surface area contributed by atoms with Crippen molar-refractivity contribution in [2.45, 2.75) is 40.0 Å². The zero-order valence-corrected chi connectivity index (χ0v) is 20.3. The molecule has 0 atom stereocenters. The minimum absolute atomic E-state index is 0.151. The Morgan fingerprint density at radius 3 is 2.56 bits per heavy atom. The van der Waals surface area contributed by atoms with E-state index in [2.05, 4.69) is 15.3 Å². The molecule has 4 aromatic rings. The van der Waals surface area contributed by atoms with Gasteiger partial charge in [-0.1, -0.05) is 6.07 Å². The average Bonchev–Trinajstić information content (AvgIpc) is 3.22. The smallest absolute Gasteiger partial charge is 0.405 e. The maximum Gasteiger partial charge on any atom is 0.405 e. The molecule has 4 rings (SSSR count). The minimum Gasteiger partial charge on any atom is -0.491 e. The molecular weight excluding hydrogens is 471 g/mol. The molecule has 0 aliphatic rings. The van der Waals surface area contributed by atoms with Crippen LogP contribution in [0.4, 0.5) is 23.7 Å². The maximum absolute atomic E-state index is 12.5. The van der Waals surface area contributed by atoms with Gasteiger partial charge in [0.05, 0.1) is 23.7 Å². The molecular formula is C26H26F3N5O2. The van der Waals surface area contributed by atoms with Gasteiger partial charge in [-0.15, -0.1) is 0 Å². The van der Waals surface area contributed by atoms with Crippen LogP contribution in [-0.4, -0.2) is 39.2 Å². The first-order valence-electron chi connectivity index (χ1n) is 11.3. The number of hydrogen-bond acceptors (Lipinski definition) is 4. The molecule has 0 unspecified atom stereocenters. The van der Waals surface area contributed by atoms with Crippen molar-refractivity contribution in [3.8, 4) is 28.3 Å². The van der Waals surface area contributed by atoms with E-state index in [4.69, 9.17) is 4.74 Å². The average molecular weight is 498 g/mol. The van der Waals surface area contributed by atoms with Gasteiger partial charge >= 0.3 is 12.2 Å². The van der Waals surface area contributed by atoms with Crippen molar-refractivity contribution in [3.05, 3.63) is 66.1 Å². The van der Waals surface area contributed by atoms with Gasteiger partial charge in [-0.3, -0.25) is 9.38 Å². The number of imidazole rings is 1. The van der Waals surface area contributed by atoms with Gasteiger partial charge in [0.15, 0.2) is 0 Å². The number of urea groups is 1. The third-order valence-corrected chi connectivity index (χ3v) is 5.44. The molecule has 0 aliphatic heterocycles. The zero-order chi connectivity index (χ0) is 26.0. The molecule has 0 fully saturated rings. The predicted octanol–water partition coefficient (Wildman–Crippen LogP) is 6.15. The van der Waals surface area contributed by atoms with Crippen LogP contribution in [0.25, 0.3) is 28.2 Å². The number of rotatable bonds is 6. The largest absolute Gasteiger partial charge is 0.491 e. The number of nitrogens with zero attached hydrogens (tertiary/aromatic N) is 3. The number of carbonyl (C=O) groups excluding carboxylic acids is 1. The van der Waals surface area contributed by atoms with E-state index < -0.39 is 18.8 Å². The van der Waals surface area contributed by atoms with Crippen LogP contribution in [0.2, 0.25) is 0 Å². The van der Waals surface area contributed by atoms with Gasteiger partial charge in [0.25, 0.3) is 0 Å². The highest BCUT2D eigenvalue weighted by atomic mass is 19.4. The van der Waals surface area contributed by atoms with E-state index in [1.165, 1.54) is 0 Å². The van der Waals surface area contributed by atoms with Crippen LogP contribution in [0.5, 0.6) is 5.75 Å². The normalized spacial score (nSPS) is 11.7. The van der Waals surface area contributed by atoms with E-state index >= 15 is 0 Å². The molecule has 3 heterocycles. The summed E-state index contributed by atoms with van der Waals surface area (Å²) in [6.45, 7) is 6.25. The number of halogens is 3. The van der Waals surface area contributed by atoms with Gasteiger partial charge in [-0.05, 0) is 63.6 Å². The summed E-state index contributed by atoms with van der Waals surface area (Å²) >= 11 is 0. The number of nitrogens with one attached hydrogen (secondary N) is 2. The SMILES string of the molecule is Cc1ccc(-c2ccn3c(-c4cc(NC(=O)NCC(F)(F)F)cc(OC(C)C)c4)cnc3c2)nc1C. The fourth-order valence-electron chi connectivity index (χ4n) is 3.66. The Labute approximate surface area is 206 Å². The van der Waals surface area contributed by atoms with E-state index in [1.54, 1.807) is 29.7 Å². The molecule has 0 spiro atoms. The first kappa shape index (κ1) is 25.0. The fourth-order valence-corrected chi connectivity index (χ4v) is 3.66. The lowest BCUT2D eigenvalue weighted by Gasteiger charge is -2.15. The third kappa shape index (κ3) is 5.94. The van der Waals surface area contributed by atoms with E-state index in [-0.39, 0.29) is 11.8 Å². The van der Waals surface area contributed by atoms with Crippen LogP contribution in [0.15, 0.2) is 54.9 Å². The van der Waals surface area contributed by atoms with Gasteiger partial charge in [0, 0.05) is 34.8 Å². The summed E-state index contributed by atoms with van der Waals surface area (Å²) in [6.07, 6.45) is -1.09. The third-order valence-electron chi connectivity index (χ3n) is 5.44. The van der Waals surface area contributed by atoms with Gasteiger partial charge in [0.2, 0.25) is 0 Å². The van der Waals surface area contributed by atoms with E-state index in [0.717, 1.165) is 28.2 Å². The Kier molecular flexibility index (Phi) is 6.87. The van der Waals surface area contributed by atoms with Crippen LogP contribution in [-0.2, 0) is 0 Å². The van der Waals surface area contributed by atoms with Crippen LogP contribution >= 0.6 is 0 Å². The van der Waals surface area contributed by atoms with Crippen molar-refractivity contribution in [2.24, 2.45) is 0 Å². The van der Waals surface area contributed by atoms with Crippen LogP contribution in [0.1, 0.15) is 25.1 Å². The highest BCUT2D eigenvalue weighted by Gasteiger charge is 2.27. The number of amides is 2. The summed E-state index contributed by atoms with van der Waals surface area (Å²) in [5.74, 6) is 0.458. The number of aromatic nitrogens is 3. The van der Waals surface area contributed by atoms with E-state index in [0.29, 0.717) is 17.0 Å². The number of fused-ring (bicyclic) bond motifs is 1. The Morgan fingerprint density at radius 2 is 1.86 bits per heavy atom. The molecule has 10 heteroatoms. The lowest BCUT2D eigenvalue weighted by Crippen LogP contribution is -2.36. The van der Waals surface area contributed by atoms with Crippen molar-refractivity contribution in [1.29, 1.82) is 0 Å². The molecule has 1 aromatic carbocycles. The Balaban J connectivity index is 1.68. The lowest BCUT2D eigenvalue weighted by atomic mass is 10.1. The first-order valence-corrected chi connectivity index (χ1v) is 11.3. The number of benzene rings is 1. The number of ether oxygens (including phenoxy) is 1. The lowest BCUT2D eigenvalue weighted by molar-refractivity contribution is -0.122. The maximum atomic E-state index is 12.5. The van der Waals surface area contributed by atoms with Gasteiger partial charge < -0.3 is 15.4 Å². The van der Waals surface area contributed by atoms with Gasteiger partial charge in [-0.2, -0.15) is 13.2 Å². The molecule has 0 saturated carbocycles. The highest BCUT2D eigenvalue weighted by molar-refractivity contribution is 5.90. The summed E-state index contributed by atoms with van der Waals surface area (Å²) in [7, 11) is 0. The number of hydrogen-bond donors (Lipinski definition) is 2. The Bertz CT molecular complexity index is 1410. The summed E-state index contributed by atoms with van der Waals surface area (Å²) in [5.41, 5.74) is 6.20. The van der Waals surface area contributed by atoms with Crippen molar-refractivity contribution in [1.82, 2.24) is 19.7 Å². The van der Waals surface area contributed by atoms with Crippen LogP contribution in [0, 0.1) is 13.8 Å². The Hall–Kier alpha value is -4.08.